The smallest absolute Gasteiger partial charge is 0.136 e. The molecule has 8 heteroatoms. The number of fused-ring (bicyclic) bond motifs is 1. The second-order valence-electron chi connectivity index (χ2n) is 13.8. The van der Waals surface area contributed by atoms with Gasteiger partial charge in [-0.1, -0.05) is 71.5 Å². The van der Waals surface area contributed by atoms with Crippen LogP contribution in [0, 0.1) is 0 Å². The van der Waals surface area contributed by atoms with E-state index in [1.165, 1.54) is 6.04 Å². The van der Waals surface area contributed by atoms with Gasteiger partial charge in [0.15, 0.2) is 0 Å². The van der Waals surface area contributed by atoms with Crippen LogP contribution in [0.1, 0.15) is 78.7 Å². The normalized spacial score (nSPS) is 14.4. The fraction of sp³-hybridized carbons (Fsp3) is 0.485. The molecule has 3 aromatic heterocycles. The van der Waals surface area contributed by atoms with E-state index in [0.717, 1.165) is 58.5 Å². The van der Waals surface area contributed by atoms with E-state index in [1.54, 1.807) is 0 Å². The van der Waals surface area contributed by atoms with Crippen LogP contribution >= 0.6 is 0 Å². The zero-order valence-electron chi connectivity index (χ0n) is 26.3. The number of aromatic nitrogens is 4. The Kier molecular flexibility index (Phi) is 9.48. The van der Waals surface area contributed by atoms with E-state index < -0.39 is 19.4 Å². The summed E-state index contributed by atoms with van der Waals surface area (Å²) in [7, 11) is -1.39. The fourth-order valence-corrected chi connectivity index (χ4v) is 7.08. The molecule has 0 aliphatic heterocycles. The average Bonchev–Trinajstić information content (AvgIpc) is 3.34. The largest absolute Gasteiger partial charge is 0.598 e. The molecule has 4 aromatic rings. The molecule has 0 radical (unpaired) electrons. The molecule has 0 aliphatic rings. The summed E-state index contributed by atoms with van der Waals surface area (Å²) < 4.78 is 17.9. The predicted octanol–water partition coefficient (Wildman–Crippen LogP) is 8.43. The first-order valence-electron chi connectivity index (χ1n) is 14.8. The van der Waals surface area contributed by atoms with Crippen molar-refractivity contribution in [3.8, 4) is 16.9 Å². The molecule has 1 unspecified atom stereocenters. The van der Waals surface area contributed by atoms with Crippen LogP contribution in [-0.2, 0) is 17.8 Å². The third-order valence-electron chi connectivity index (χ3n) is 8.46. The van der Waals surface area contributed by atoms with Crippen LogP contribution in [0.15, 0.2) is 60.9 Å². The van der Waals surface area contributed by atoms with E-state index in [1.807, 2.05) is 62.1 Å². The van der Waals surface area contributed by atoms with Crippen LogP contribution in [0.25, 0.3) is 27.8 Å². The van der Waals surface area contributed by atoms with E-state index in [0.29, 0.717) is 5.04 Å². The zero-order valence-corrected chi connectivity index (χ0v) is 28.1. The third kappa shape index (κ3) is 7.47. The molecule has 1 N–H and O–H groups in total. The van der Waals surface area contributed by atoms with Gasteiger partial charge in [0.05, 0.1) is 42.9 Å². The Morgan fingerprint density at radius 2 is 1.78 bits per heavy atom. The molecule has 4 rings (SSSR count). The molecule has 0 saturated carbocycles. The molecule has 3 heterocycles. The van der Waals surface area contributed by atoms with Crippen molar-refractivity contribution in [2.45, 2.75) is 103 Å². The SMILES string of the molecule is CCC[C@H](N[S+]([O-])C(C)(C)C)c1cccc(-c2ccc3cnn(-c4ccnc(CC[Si](C)(C)C(C)(C)C)c4)c3c2)n1. The predicted molar refractivity (Wildman–Crippen MR) is 176 cm³/mol. The van der Waals surface area contributed by atoms with Gasteiger partial charge >= 0.3 is 0 Å². The minimum absolute atomic E-state index is 0.0733. The highest BCUT2D eigenvalue weighted by molar-refractivity contribution is 7.90. The molecule has 0 amide bonds. The Bertz CT molecular complexity index is 1470. The lowest BCUT2D eigenvalue weighted by Crippen LogP contribution is -2.41. The third-order valence-corrected chi connectivity index (χ3v) is 15.6. The van der Waals surface area contributed by atoms with Gasteiger partial charge < -0.3 is 4.55 Å². The lowest BCUT2D eigenvalue weighted by molar-refractivity contribution is 0.504. The first-order chi connectivity index (χ1) is 19.2. The van der Waals surface area contributed by atoms with Crippen molar-refractivity contribution in [1.29, 1.82) is 0 Å². The van der Waals surface area contributed by atoms with Gasteiger partial charge in [0, 0.05) is 34.2 Å². The molecule has 0 aliphatic carbocycles. The summed E-state index contributed by atoms with van der Waals surface area (Å²) in [4.78, 5) is 9.74. The molecule has 1 aromatic carbocycles. The van der Waals surface area contributed by atoms with Crippen molar-refractivity contribution in [3.05, 3.63) is 72.3 Å². The second-order valence-corrected chi connectivity index (χ2v) is 21.5. The quantitative estimate of drug-likeness (QED) is 0.148. The average molecular weight is 590 g/mol. The highest BCUT2D eigenvalue weighted by Gasteiger charge is 2.34. The van der Waals surface area contributed by atoms with E-state index in [-0.39, 0.29) is 10.8 Å². The molecule has 220 valence electrons. The van der Waals surface area contributed by atoms with Crippen LogP contribution in [0.4, 0.5) is 0 Å². The van der Waals surface area contributed by atoms with E-state index in [2.05, 4.69) is 69.8 Å². The molecule has 0 bridgehead atoms. The monoisotopic (exact) mass is 589 g/mol. The Morgan fingerprint density at radius 3 is 2.46 bits per heavy atom. The lowest BCUT2D eigenvalue weighted by Gasteiger charge is -2.37. The van der Waals surface area contributed by atoms with Crippen molar-refractivity contribution < 1.29 is 4.55 Å². The Hall–Kier alpha value is -2.52. The van der Waals surface area contributed by atoms with Crippen molar-refractivity contribution in [2.75, 3.05) is 0 Å². The molecule has 41 heavy (non-hydrogen) atoms. The number of nitrogens with zero attached hydrogens (tertiary/aromatic N) is 4. The summed E-state index contributed by atoms with van der Waals surface area (Å²) in [5.41, 5.74) is 6.01. The highest BCUT2D eigenvalue weighted by atomic mass is 32.2. The summed E-state index contributed by atoms with van der Waals surface area (Å²) in [6.07, 6.45) is 6.64. The van der Waals surface area contributed by atoms with Gasteiger partial charge in [-0.2, -0.15) is 5.10 Å². The van der Waals surface area contributed by atoms with E-state index in [9.17, 15) is 4.55 Å². The maximum absolute atomic E-state index is 12.9. The molecular formula is C33H47N5OSSi. The number of pyridine rings is 2. The van der Waals surface area contributed by atoms with Crippen LogP contribution in [0.2, 0.25) is 24.2 Å². The van der Waals surface area contributed by atoms with Crippen LogP contribution in [0.5, 0.6) is 0 Å². The van der Waals surface area contributed by atoms with Gasteiger partial charge in [0.2, 0.25) is 0 Å². The highest BCUT2D eigenvalue weighted by Crippen LogP contribution is 2.39. The van der Waals surface area contributed by atoms with Crippen LogP contribution < -0.4 is 4.72 Å². The first-order valence-corrected chi connectivity index (χ1v) is 19.1. The van der Waals surface area contributed by atoms with Crippen molar-refractivity contribution in [1.82, 2.24) is 24.5 Å². The van der Waals surface area contributed by atoms with Gasteiger partial charge in [-0.3, -0.25) is 9.97 Å². The minimum Gasteiger partial charge on any atom is -0.598 e. The fourth-order valence-electron chi connectivity index (χ4n) is 4.60. The Balaban J connectivity index is 1.63. The molecular weight excluding hydrogens is 543 g/mol. The van der Waals surface area contributed by atoms with Gasteiger partial charge in [0.1, 0.15) is 4.75 Å². The van der Waals surface area contributed by atoms with Crippen molar-refractivity contribution in [3.63, 3.8) is 0 Å². The van der Waals surface area contributed by atoms with E-state index >= 15 is 0 Å². The van der Waals surface area contributed by atoms with Gasteiger partial charge in [-0.05, 0) is 69.0 Å². The van der Waals surface area contributed by atoms with E-state index in [4.69, 9.17) is 15.1 Å². The molecule has 0 saturated heterocycles. The number of aryl methyl sites for hydroxylation is 1. The van der Waals surface area contributed by atoms with Gasteiger partial charge in [-0.15, -0.1) is 4.72 Å². The number of hydrogen-bond donors (Lipinski definition) is 1. The Morgan fingerprint density at radius 1 is 1.02 bits per heavy atom. The number of hydrogen-bond acceptors (Lipinski definition) is 5. The lowest BCUT2D eigenvalue weighted by atomic mass is 10.1. The zero-order chi connectivity index (χ0) is 30.0. The summed E-state index contributed by atoms with van der Waals surface area (Å²) in [5, 5.41) is 6.19. The standard InChI is InChI=1S/C33H47N5OSSi/c1-10-12-30(37-40(39)32(2,3)4)29-14-11-13-28(36-29)24-15-16-25-23-35-38(31(25)21-24)27-17-19-34-26(22-27)18-20-41(8,9)33(5,6)7/h11,13-17,19,21-23,30,37H,10,12,18,20H2,1-9H3/t30-,40?/m0/s1. The summed E-state index contributed by atoms with van der Waals surface area (Å²) in [6, 6.07) is 17.8. The summed E-state index contributed by atoms with van der Waals surface area (Å²) in [6.45, 7) is 20.2. The summed E-state index contributed by atoms with van der Waals surface area (Å²) in [5.74, 6) is 0. The minimum atomic E-state index is -1.39. The van der Waals surface area contributed by atoms with Crippen molar-refractivity contribution >= 4 is 30.3 Å². The number of benzene rings is 1. The van der Waals surface area contributed by atoms with Crippen LogP contribution in [-0.4, -0.2) is 37.1 Å². The molecule has 2 atom stereocenters. The number of nitrogens with one attached hydrogen (secondary N) is 1. The van der Waals surface area contributed by atoms with Gasteiger partial charge in [0.25, 0.3) is 0 Å². The van der Waals surface area contributed by atoms with Gasteiger partial charge in [-0.25, -0.2) is 4.68 Å². The van der Waals surface area contributed by atoms with Crippen LogP contribution in [0.3, 0.4) is 0 Å². The number of rotatable bonds is 10. The molecule has 0 spiro atoms. The Labute approximate surface area is 250 Å². The maximum Gasteiger partial charge on any atom is 0.136 e. The molecule has 0 fully saturated rings. The first kappa shape index (κ1) is 31.4. The topological polar surface area (TPSA) is 78.7 Å². The maximum atomic E-state index is 12.9. The van der Waals surface area contributed by atoms with Crippen molar-refractivity contribution in [2.24, 2.45) is 0 Å². The summed E-state index contributed by atoms with van der Waals surface area (Å²) >= 11 is -1.18. The molecule has 6 nitrogen and oxygen atoms in total. The second kappa shape index (κ2) is 12.4.